The van der Waals surface area contributed by atoms with E-state index in [0.29, 0.717) is 33.0 Å². The Bertz CT molecular complexity index is 126. The molecule has 0 amide bonds. The highest BCUT2D eigenvalue weighted by molar-refractivity contribution is 6.41. The van der Waals surface area contributed by atoms with Gasteiger partial charge in [-0.05, 0) is 12.5 Å². The minimum absolute atomic E-state index is 0.0661. The Morgan fingerprint density at radius 1 is 0.882 bits per heavy atom. The molecule has 0 aromatic rings. The minimum Gasteiger partial charge on any atom is -0.465 e. The maximum absolute atomic E-state index is 8.45. The molecule has 0 aliphatic carbocycles. The van der Waals surface area contributed by atoms with Crippen molar-refractivity contribution in [2.45, 2.75) is 19.0 Å². The second-order valence-corrected chi connectivity index (χ2v) is 6.79. The standard InChI is InChI=1S/C10H26O5Si2/c1-16-15-17-10-2-4-12-6-8-14-9-7-13-5-3-11/h11H,2-10,16-17H2,1H3. The van der Waals surface area contributed by atoms with Gasteiger partial charge in [-0.3, -0.25) is 0 Å². The van der Waals surface area contributed by atoms with Crippen LogP contribution in [0.25, 0.3) is 0 Å². The summed E-state index contributed by atoms with van der Waals surface area (Å²) in [6.07, 6.45) is 1.11. The van der Waals surface area contributed by atoms with Crippen LogP contribution in [0.2, 0.25) is 12.6 Å². The highest BCUT2D eigenvalue weighted by Crippen LogP contribution is 1.90. The topological polar surface area (TPSA) is 57.2 Å². The third-order valence-corrected chi connectivity index (χ3v) is 5.59. The summed E-state index contributed by atoms with van der Waals surface area (Å²) in [5.74, 6) is 0. The van der Waals surface area contributed by atoms with Crippen molar-refractivity contribution in [1.29, 1.82) is 0 Å². The molecule has 0 atom stereocenters. The first-order valence-corrected chi connectivity index (χ1v) is 9.90. The number of hydrogen-bond acceptors (Lipinski definition) is 5. The number of aliphatic hydroxyl groups excluding tert-OH is 1. The fraction of sp³-hybridized carbons (Fsp3) is 1.00. The van der Waals surface area contributed by atoms with Gasteiger partial charge in [-0.1, -0.05) is 6.55 Å². The van der Waals surface area contributed by atoms with Gasteiger partial charge in [-0.15, -0.1) is 0 Å². The molecule has 0 radical (unpaired) electrons. The molecule has 0 rings (SSSR count). The van der Waals surface area contributed by atoms with Crippen LogP contribution in [0.4, 0.5) is 0 Å². The summed E-state index contributed by atoms with van der Waals surface area (Å²) in [6.45, 7) is 5.78. The van der Waals surface area contributed by atoms with Gasteiger partial charge in [-0.25, -0.2) is 0 Å². The highest BCUT2D eigenvalue weighted by Gasteiger charge is 1.92. The van der Waals surface area contributed by atoms with Crippen molar-refractivity contribution >= 4 is 19.5 Å². The average molecular weight is 282 g/mol. The van der Waals surface area contributed by atoms with Gasteiger partial charge in [0.1, 0.15) is 19.5 Å². The maximum Gasteiger partial charge on any atom is 0.146 e. The van der Waals surface area contributed by atoms with Crippen molar-refractivity contribution in [3.8, 4) is 0 Å². The van der Waals surface area contributed by atoms with E-state index in [1.807, 2.05) is 0 Å². The SMILES string of the molecule is C[SiH2]O[SiH2]CCCOCCOCCOCCO. The molecule has 0 fully saturated rings. The van der Waals surface area contributed by atoms with Crippen LogP contribution in [-0.2, 0) is 18.3 Å². The Morgan fingerprint density at radius 3 is 2.06 bits per heavy atom. The molecule has 7 heteroatoms. The zero-order valence-corrected chi connectivity index (χ0v) is 13.7. The summed E-state index contributed by atoms with van der Waals surface area (Å²) in [5, 5.41) is 8.45. The molecular formula is C10H26O5Si2. The quantitative estimate of drug-likeness (QED) is 0.329. The molecule has 0 aliphatic rings. The van der Waals surface area contributed by atoms with Crippen LogP contribution in [0.15, 0.2) is 0 Å². The molecule has 0 aromatic heterocycles. The third kappa shape index (κ3) is 16.2. The summed E-state index contributed by atoms with van der Waals surface area (Å²) in [7, 11) is -0.404. The second kappa shape index (κ2) is 16.2. The zero-order valence-electron chi connectivity index (χ0n) is 10.9. The van der Waals surface area contributed by atoms with E-state index in [2.05, 4.69) is 6.55 Å². The fourth-order valence-corrected chi connectivity index (χ4v) is 3.54. The Morgan fingerprint density at radius 2 is 1.47 bits per heavy atom. The van der Waals surface area contributed by atoms with Crippen LogP contribution < -0.4 is 0 Å². The van der Waals surface area contributed by atoms with Gasteiger partial charge in [-0.2, -0.15) is 0 Å². The van der Waals surface area contributed by atoms with Crippen LogP contribution in [0, 0.1) is 0 Å². The highest BCUT2D eigenvalue weighted by atomic mass is 28.3. The molecule has 17 heavy (non-hydrogen) atoms. The predicted molar refractivity (Wildman–Crippen MR) is 73.0 cm³/mol. The molecule has 1 N–H and O–H groups in total. The van der Waals surface area contributed by atoms with Crippen LogP contribution in [-0.4, -0.2) is 70.9 Å². The molecule has 0 saturated heterocycles. The van der Waals surface area contributed by atoms with Crippen molar-refractivity contribution < 1.29 is 23.4 Å². The molecule has 0 unspecified atom stereocenters. The van der Waals surface area contributed by atoms with Crippen LogP contribution >= 0.6 is 0 Å². The number of ether oxygens (including phenoxy) is 3. The van der Waals surface area contributed by atoms with Gasteiger partial charge < -0.3 is 23.4 Å². The molecule has 0 aliphatic heterocycles. The maximum atomic E-state index is 8.45. The lowest BCUT2D eigenvalue weighted by Gasteiger charge is -2.06. The summed E-state index contributed by atoms with van der Waals surface area (Å²) in [4.78, 5) is 0. The molecule has 5 nitrogen and oxygen atoms in total. The Kier molecular flexibility index (Phi) is 16.5. The molecular weight excluding hydrogens is 256 g/mol. The molecule has 0 heterocycles. The van der Waals surface area contributed by atoms with E-state index in [0.717, 1.165) is 13.0 Å². The lowest BCUT2D eigenvalue weighted by Crippen LogP contribution is -2.11. The zero-order chi connectivity index (χ0) is 12.6. The lowest BCUT2D eigenvalue weighted by atomic mass is 10.5. The summed E-state index contributed by atoms with van der Waals surface area (Å²) in [6, 6.07) is 1.22. The van der Waals surface area contributed by atoms with Gasteiger partial charge in [0.15, 0.2) is 0 Å². The van der Waals surface area contributed by atoms with Crippen LogP contribution in [0.5, 0.6) is 0 Å². The van der Waals surface area contributed by atoms with E-state index < -0.39 is 0 Å². The van der Waals surface area contributed by atoms with Gasteiger partial charge in [0.2, 0.25) is 0 Å². The molecule has 0 aromatic carbocycles. The summed E-state index contributed by atoms with van der Waals surface area (Å²) >= 11 is 0. The summed E-state index contributed by atoms with van der Waals surface area (Å²) < 4.78 is 21.2. The van der Waals surface area contributed by atoms with Crippen molar-refractivity contribution in [3.63, 3.8) is 0 Å². The molecule has 0 saturated carbocycles. The largest absolute Gasteiger partial charge is 0.465 e. The Hall–Kier alpha value is 0.234. The van der Waals surface area contributed by atoms with Gasteiger partial charge in [0.25, 0.3) is 0 Å². The number of hydrogen-bond donors (Lipinski definition) is 1. The van der Waals surface area contributed by atoms with E-state index in [1.165, 1.54) is 6.04 Å². The van der Waals surface area contributed by atoms with E-state index >= 15 is 0 Å². The molecule has 104 valence electrons. The first-order chi connectivity index (χ1) is 8.41. The Balaban J connectivity index is 2.85. The van der Waals surface area contributed by atoms with Crippen molar-refractivity contribution in [2.24, 2.45) is 0 Å². The van der Waals surface area contributed by atoms with Crippen molar-refractivity contribution in [2.75, 3.05) is 46.2 Å². The minimum atomic E-state index is -0.231. The number of aliphatic hydroxyl groups is 1. The van der Waals surface area contributed by atoms with Crippen LogP contribution in [0.1, 0.15) is 6.42 Å². The van der Waals surface area contributed by atoms with E-state index in [9.17, 15) is 0 Å². The third-order valence-electron chi connectivity index (χ3n) is 2.01. The first-order valence-electron chi connectivity index (χ1n) is 6.33. The molecule has 0 bridgehead atoms. The monoisotopic (exact) mass is 282 g/mol. The fourth-order valence-electron chi connectivity index (χ4n) is 1.16. The first kappa shape index (κ1) is 17.2. The van der Waals surface area contributed by atoms with Gasteiger partial charge >= 0.3 is 0 Å². The van der Waals surface area contributed by atoms with E-state index in [1.54, 1.807) is 0 Å². The van der Waals surface area contributed by atoms with Gasteiger partial charge in [0, 0.05) is 6.61 Å². The predicted octanol–water partition coefficient (Wildman–Crippen LogP) is -0.931. The average Bonchev–Trinajstić information content (AvgIpc) is 2.35. The second-order valence-electron chi connectivity index (χ2n) is 3.46. The lowest BCUT2D eigenvalue weighted by molar-refractivity contribution is 0.00780. The van der Waals surface area contributed by atoms with Crippen molar-refractivity contribution in [1.82, 2.24) is 0 Å². The number of rotatable bonds is 14. The Labute approximate surface area is 109 Å². The van der Waals surface area contributed by atoms with Gasteiger partial charge in [0.05, 0.1) is 39.6 Å². The van der Waals surface area contributed by atoms with Crippen molar-refractivity contribution in [3.05, 3.63) is 0 Å². The van der Waals surface area contributed by atoms with E-state index in [-0.39, 0.29) is 26.1 Å². The summed E-state index contributed by atoms with van der Waals surface area (Å²) in [5.41, 5.74) is 0. The normalized spacial score (nSPS) is 12.4. The van der Waals surface area contributed by atoms with Crippen LogP contribution in [0.3, 0.4) is 0 Å². The smallest absolute Gasteiger partial charge is 0.146 e. The van der Waals surface area contributed by atoms with E-state index in [4.69, 9.17) is 23.4 Å². The molecule has 0 spiro atoms.